The topological polar surface area (TPSA) is 62.2 Å². The summed E-state index contributed by atoms with van der Waals surface area (Å²) >= 11 is 0. The van der Waals surface area contributed by atoms with E-state index in [4.69, 9.17) is 10.2 Å². The molecule has 0 spiro atoms. The first-order chi connectivity index (χ1) is 7.87. The lowest BCUT2D eigenvalue weighted by molar-refractivity contribution is -0.439. The second-order valence-corrected chi connectivity index (χ2v) is 2.71. The van der Waals surface area contributed by atoms with E-state index in [1.807, 2.05) is 0 Å². The van der Waals surface area contributed by atoms with Crippen molar-refractivity contribution in [1.82, 2.24) is 5.23 Å². The van der Waals surface area contributed by atoms with Gasteiger partial charge < -0.3 is 10.2 Å². The molecule has 0 aliphatic carbocycles. The van der Waals surface area contributed by atoms with Crippen molar-refractivity contribution in [2.75, 3.05) is 26.4 Å². The molecule has 0 aromatic carbocycles. The quantitative estimate of drug-likeness (QED) is 0.359. The summed E-state index contributed by atoms with van der Waals surface area (Å²) < 4.78 is 61.9. The molecule has 1 unspecified atom stereocenters. The van der Waals surface area contributed by atoms with Crippen LogP contribution in [0.25, 0.3) is 0 Å². The summed E-state index contributed by atoms with van der Waals surface area (Å²) in [5.74, 6) is -5.01. The van der Waals surface area contributed by atoms with E-state index in [0.29, 0.717) is 0 Å². The molecule has 0 saturated carbocycles. The van der Waals surface area contributed by atoms with Gasteiger partial charge in [0.1, 0.15) is 0 Å². The lowest BCUT2D eigenvalue weighted by Crippen LogP contribution is -2.49. The molecule has 0 fully saturated rings. The molecule has 5 nitrogen and oxygen atoms in total. The fourth-order valence-corrected chi connectivity index (χ4v) is 0.674. The Morgan fingerprint density at radius 1 is 1.00 bits per heavy atom. The van der Waals surface area contributed by atoms with Gasteiger partial charge in [0.2, 0.25) is 0 Å². The van der Waals surface area contributed by atoms with E-state index >= 15 is 0 Å². The number of hydrogen-bond donors (Lipinski definition) is 2. The summed E-state index contributed by atoms with van der Waals surface area (Å²) in [5.41, 5.74) is 0. The average Bonchev–Trinajstić information content (AvgIpc) is 2.28. The molecule has 104 valence electrons. The molecule has 0 rings (SSSR count). The largest absolute Gasteiger partial charge is 0.394 e. The van der Waals surface area contributed by atoms with Crippen molar-refractivity contribution in [3.05, 3.63) is 0 Å². The maximum absolute atomic E-state index is 13.0. The van der Waals surface area contributed by atoms with Crippen LogP contribution in [0.2, 0.25) is 0 Å². The number of hydrogen-bond acceptors (Lipinski definition) is 5. The highest BCUT2D eigenvalue weighted by atomic mass is 19.3. The van der Waals surface area contributed by atoms with Gasteiger partial charge in [-0.05, 0) is 5.23 Å². The molecule has 10 heteroatoms. The number of hydroxylamine groups is 2. The monoisotopic (exact) mass is 269 g/mol. The molecule has 1 atom stereocenters. The lowest BCUT2D eigenvalue weighted by atomic mass is 10.3. The van der Waals surface area contributed by atoms with Crippen molar-refractivity contribution >= 4 is 0 Å². The van der Waals surface area contributed by atoms with E-state index in [1.54, 1.807) is 0 Å². The Labute approximate surface area is 93.2 Å². The van der Waals surface area contributed by atoms with Gasteiger partial charge in [-0.1, -0.05) is 0 Å². The molecule has 0 heterocycles. The Bertz CT molecular complexity index is 201. The maximum atomic E-state index is 13.0. The average molecular weight is 269 g/mol. The first-order valence-corrected chi connectivity index (χ1v) is 4.44. The summed E-state index contributed by atoms with van der Waals surface area (Å²) in [6.45, 7) is -2.59. The second-order valence-electron chi connectivity index (χ2n) is 2.71. The molecule has 0 aromatic heterocycles. The van der Waals surface area contributed by atoms with Crippen LogP contribution in [0, 0.1) is 0 Å². The zero-order valence-electron chi connectivity index (χ0n) is 8.53. The Kier molecular flexibility index (Phi) is 7.46. The van der Waals surface area contributed by atoms with Gasteiger partial charge in [0.15, 0.2) is 0 Å². The van der Waals surface area contributed by atoms with Crippen LogP contribution in [0.4, 0.5) is 22.0 Å². The van der Waals surface area contributed by atoms with Crippen LogP contribution < -0.4 is 0 Å². The predicted molar refractivity (Wildman–Crippen MR) is 43.8 cm³/mol. The molecule has 0 aliphatic rings. The minimum Gasteiger partial charge on any atom is -0.394 e. The fraction of sp³-hybridized carbons (Fsp3) is 1.00. The summed E-state index contributed by atoms with van der Waals surface area (Å²) in [6.07, 6.45) is -7.82. The van der Waals surface area contributed by atoms with E-state index in [2.05, 4.69) is 9.68 Å². The number of nitrogens with zero attached hydrogens (tertiary/aromatic N) is 1. The Balaban J connectivity index is 4.54. The van der Waals surface area contributed by atoms with Crippen LogP contribution in [-0.4, -0.2) is 60.5 Å². The molecular weight excluding hydrogens is 257 g/mol. The van der Waals surface area contributed by atoms with Crippen molar-refractivity contribution in [2.24, 2.45) is 0 Å². The number of aliphatic hydroxyl groups is 2. The van der Waals surface area contributed by atoms with Crippen molar-refractivity contribution < 1.29 is 41.8 Å². The van der Waals surface area contributed by atoms with E-state index in [9.17, 15) is 22.0 Å². The van der Waals surface area contributed by atoms with Crippen LogP contribution in [0.15, 0.2) is 0 Å². The van der Waals surface area contributed by atoms with Crippen molar-refractivity contribution in [1.29, 1.82) is 0 Å². The Morgan fingerprint density at radius 3 is 1.71 bits per heavy atom. The lowest BCUT2D eigenvalue weighted by Gasteiger charge is -2.28. The van der Waals surface area contributed by atoms with E-state index in [0.717, 1.165) is 0 Å². The van der Waals surface area contributed by atoms with Gasteiger partial charge in [-0.15, -0.1) is 0 Å². The smallest absolute Gasteiger partial charge is 0.355 e. The Morgan fingerprint density at radius 2 is 1.41 bits per heavy atom. The van der Waals surface area contributed by atoms with Crippen LogP contribution in [-0.2, 0) is 9.68 Å². The van der Waals surface area contributed by atoms with Gasteiger partial charge >= 0.3 is 12.3 Å². The molecule has 0 amide bonds. The highest BCUT2D eigenvalue weighted by Gasteiger charge is 2.54. The minimum absolute atomic E-state index is 0.501. The van der Waals surface area contributed by atoms with Crippen LogP contribution in [0.1, 0.15) is 0 Å². The van der Waals surface area contributed by atoms with Gasteiger partial charge in [-0.25, -0.2) is 13.2 Å². The van der Waals surface area contributed by atoms with Crippen molar-refractivity contribution in [3.8, 4) is 0 Å². The molecule has 17 heavy (non-hydrogen) atoms. The SMILES string of the molecule is OCCON(OCCO)C(F)C(F)(F)C(F)F. The maximum Gasteiger partial charge on any atom is 0.355 e. The van der Waals surface area contributed by atoms with Crippen LogP contribution in [0.5, 0.6) is 0 Å². The second kappa shape index (κ2) is 7.71. The van der Waals surface area contributed by atoms with E-state index in [1.165, 1.54) is 0 Å². The summed E-state index contributed by atoms with van der Waals surface area (Å²) in [7, 11) is 0. The molecule has 0 saturated heterocycles. The summed E-state index contributed by atoms with van der Waals surface area (Å²) in [5, 5.41) is 16.1. The predicted octanol–water partition coefficient (Wildman–Crippen LogP) is 0.332. The first-order valence-electron chi connectivity index (χ1n) is 4.44. The number of halogens is 5. The molecule has 2 N–H and O–H groups in total. The van der Waals surface area contributed by atoms with E-state index < -0.39 is 50.3 Å². The molecule has 0 aromatic rings. The van der Waals surface area contributed by atoms with Crippen LogP contribution >= 0.6 is 0 Å². The van der Waals surface area contributed by atoms with Crippen LogP contribution in [0.3, 0.4) is 0 Å². The molecule has 0 bridgehead atoms. The number of aliphatic hydroxyl groups excluding tert-OH is 2. The molecule has 0 radical (unpaired) electrons. The number of rotatable bonds is 9. The molecular formula is C7H12F5NO4. The van der Waals surface area contributed by atoms with Crippen molar-refractivity contribution in [2.45, 2.75) is 18.6 Å². The van der Waals surface area contributed by atoms with Gasteiger partial charge in [-0.3, -0.25) is 9.68 Å². The van der Waals surface area contributed by atoms with Gasteiger partial charge in [-0.2, -0.15) is 8.78 Å². The highest BCUT2D eigenvalue weighted by Crippen LogP contribution is 2.31. The zero-order valence-corrected chi connectivity index (χ0v) is 8.53. The number of alkyl halides is 5. The standard InChI is InChI=1S/C7H12F5NO4/c8-5(9)7(11,12)6(10)13(16-3-1-14)17-4-2-15/h5-6,14-15H,1-4H2. The summed E-state index contributed by atoms with van der Waals surface area (Å²) in [6, 6.07) is 0. The van der Waals surface area contributed by atoms with Gasteiger partial charge in [0, 0.05) is 0 Å². The van der Waals surface area contributed by atoms with Gasteiger partial charge in [0.25, 0.3) is 6.30 Å². The minimum atomic E-state index is -5.01. The summed E-state index contributed by atoms with van der Waals surface area (Å²) in [4.78, 5) is 8.31. The third-order valence-corrected chi connectivity index (χ3v) is 1.41. The third kappa shape index (κ3) is 5.08. The van der Waals surface area contributed by atoms with Crippen molar-refractivity contribution in [3.63, 3.8) is 0 Å². The molecule has 0 aliphatic heterocycles. The van der Waals surface area contributed by atoms with E-state index in [-0.39, 0.29) is 0 Å². The first kappa shape index (κ1) is 16.4. The fourth-order valence-electron chi connectivity index (χ4n) is 0.674. The highest BCUT2D eigenvalue weighted by molar-refractivity contribution is 4.75. The normalized spacial score (nSPS) is 14.6. The third-order valence-electron chi connectivity index (χ3n) is 1.41. The Hall–Kier alpha value is -0.550. The van der Waals surface area contributed by atoms with Gasteiger partial charge in [0.05, 0.1) is 26.4 Å². The zero-order chi connectivity index (χ0) is 13.5.